The molecule has 0 amide bonds. The highest BCUT2D eigenvalue weighted by Crippen LogP contribution is 2.26. The summed E-state index contributed by atoms with van der Waals surface area (Å²) >= 11 is 3.28. The molecule has 5 nitrogen and oxygen atoms in total. The van der Waals surface area contributed by atoms with Crippen molar-refractivity contribution in [3.8, 4) is 0 Å². The maximum Gasteiger partial charge on any atom is 0.261 e. The minimum absolute atomic E-state index is 0.142. The highest BCUT2D eigenvalue weighted by atomic mass is 79.9. The highest BCUT2D eigenvalue weighted by Gasteiger charge is 2.16. The Labute approximate surface area is 130 Å². The second-order valence-corrected chi connectivity index (χ2v) is 6.94. The normalized spacial score (nSPS) is 11.1. The van der Waals surface area contributed by atoms with Crippen LogP contribution in [-0.2, 0) is 10.0 Å². The minimum Gasteiger partial charge on any atom is -0.545 e. The van der Waals surface area contributed by atoms with Crippen molar-refractivity contribution in [1.29, 1.82) is 0 Å². The van der Waals surface area contributed by atoms with Crippen molar-refractivity contribution < 1.29 is 18.3 Å². The number of aromatic carboxylic acids is 1. The molecule has 2 aromatic carbocycles. The third-order valence-electron chi connectivity index (χ3n) is 2.75. The van der Waals surface area contributed by atoms with Gasteiger partial charge in [-0.15, -0.1) is 0 Å². The average molecular weight is 369 g/mol. The van der Waals surface area contributed by atoms with E-state index in [0.717, 1.165) is 11.6 Å². The quantitative estimate of drug-likeness (QED) is 0.892. The molecule has 0 saturated carbocycles. The van der Waals surface area contributed by atoms with Crippen molar-refractivity contribution in [3.63, 3.8) is 0 Å². The Bertz CT molecular complexity index is 802. The molecular weight excluding hydrogens is 358 g/mol. The van der Waals surface area contributed by atoms with Gasteiger partial charge in [0.1, 0.15) is 0 Å². The van der Waals surface area contributed by atoms with E-state index in [1.807, 2.05) is 6.92 Å². The fourth-order valence-electron chi connectivity index (χ4n) is 1.70. The van der Waals surface area contributed by atoms with E-state index < -0.39 is 16.0 Å². The van der Waals surface area contributed by atoms with Crippen molar-refractivity contribution in [2.75, 3.05) is 4.72 Å². The van der Waals surface area contributed by atoms with E-state index in [9.17, 15) is 18.3 Å². The van der Waals surface area contributed by atoms with Gasteiger partial charge in [-0.1, -0.05) is 18.2 Å². The molecule has 0 aliphatic carbocycles. The fourth-order valence-corrected chi connectivity index (χ4v) is 3.55. The van der Waals surface area contributed by atoms with Crippen LogP contribution in [0.3, 0.4) is 0 Å². The third-order valence-corrected chi connectivity index (χ3v) is 4.77. The zero-order valence-corrected chi connectivity index (χ0v) is 13.4. The van der Waals surface area contributed by atoms with Crippen molar-refractivity contribution in [1.82, 2.24) is 0 Å². The van der Waals surface area contributed by atoms with Crippen LogP contribution in [0.15, 0.2) is 51.8 Å². The van der Waals surface area contributed by atoms with E-state index in [2.05, 4.69) is 20.7 Å². The lowest BCUT2D eigenvalue weighted by Gasteiger charge is -2.11. The summed E-state index contributed by atoms with van der Waals surface area (Å²) in [5.74, 6) is -1.43. The minimum atomic E-state index is -3.88. The Balaban J connectivity index is 2.38. The lowest BCUT2D eigenvalue weighted by Crippen LogP contribution is -2.23. The number of halogens is 1. The van der Waals surface area contributed by atoms with Gasteiger partial charge in [0.05, 0.1) is 16.6 Å². The highest BCUT2D eigenvalue weighted by molar-refractivity contribution is 9.10. The molecule has 2 rings (SSSR count). The molecule has 0 saturated heterocycles. The first-order valence-corrected chi connectivity index (χ1v) is 8.17. The van der Waals surface area contributed by atoms with E-state index in [0.29, 0.717) is 10.2 Å². The van der Waals surface area contributed by atoms with Crippen LogP contribution in [0.5, 0.6) is 0 Å². The molecule has 0 aliphatic rings. The van der Waals surface area contributed by atoms with Crippen LogP contribution in [-0.4, -0.2) is 14.4 Å². The van der Waals surface area contributed by atoms with Crippen LogP contribution in [0.4, 0.5) is 5.69 Å². The molecule has 0 fully saturated rings. The van der Waals surface area contributed by atoms with Gasteiger partial charge in [0.25, 0.3) is 10.0 Å². The number of sulfonamides is 1. The van der Waals surface area contributed by atoms with Gasteiger partial charge in [-0.05, 0) is 58.2 Å². The van der Waals surface area contributed by atoms with Crippen LogP contribution >= 0.6 is 15.9 Å². The molecule has 0 aromatic heterocycles. The van der Waals surface area contributed by atoms with E-state index >= 15 is 0 Å². The molecule has 21 heavy (non-hydrogen) atoms. The first kappa shape index (κ1) is 15.5. The van der Waals surface area contributed by atoms with E-state index in [4.69, 9.17) is 0 Å². The lowest BCUT2D eigenvalue weighted by atomic mass is 10.2. The zero-order chi connectivity index (χ0) is 15.6. The number of hydrogen-bond donors (Lipinski definition) is 1. The summed E-state index contributed by atoms with van der Waals surface area (Å²) < 4.78 is 27.5. The summed E-state index contributed by atoms with van der Waals surface area (Å²) in [6.07, 6.45) is 0. The molecule has 0 aliphatic heterocycles. The van der Waals surface area contributed by atoms with Crippen molar-refractivity contribution >= 4 is 37.6 Å². The Morgan fingerprint density at radius 1 is 1.19 bits per heavy atom. The first-order chi connectivity index (χ1) is 9.79. The molecule has 0 radical (unpaired) electrons. The Kier molecular flexibility index (Phi) is 4.34. The van der Waals surface area contributed by atoms with E-state index in [-0.39, 0.29) is 10.5 Å². The number of carbonyl (C=O) groups excluding carboxylic acids is 1. The van der Waals surface area contributed by atoms with E-state index in [1.54, 1.807) is 18.2 Å². The predicted molar refractivity (Wildman–Crippen MR) is 80.5 cm³/mol. The maximum absolute atomic E-state index is 12.3. The number of rotatable bonds is 4. The smallest absolute Gasteiger partial charge is 0.261 e. The number of aryl methyl sites for hydroxylation is 1. The van der Waals surface area contributed by atoms with Gasteiger partial charge in [-0.25, -0.2) is 8.42 Å². The Hall–Kier alpha value is -1.86. The average Bonchev–Trinajstić information content (AvgIpc) is 2.42. The number of hydrogen-bond acceptors (Lipinski definition) is 4. The number of anilines is 1. The van der Waals surface area contributed by atoms with Crippen molar-refractivity contribution in [2.24, 2.45) is 0 Å². The summed E-state index contributed by atoms with van der Waals surface area (Å²) in [7, 11) is -3.88. The summed E-state index contributed by atoms with van der Waals surface area (Å²) in [5, 5.41) is 10.8. The molecule has 0 atom stereocenters. The largest absolute Gasteiger partial charge is 0.545 e. The molecular formula is C14H11BrNO4S-. The molecule has 2 aromatic rings. The first-order valence-electron chi connectivity index (χ1n) is 5.90. The van der Waals surface area contributed by atoms with Gasteiger partial charge in [0.2, 0.25) is 0 Å². The number of carboxylic acid groups (broad SMARTS) is 1. The van der Waals surface area contributed by atoms with Gasteiger partial charge in [-0.2, -0.15) is 0 Å². The monoisotopic (exact) mass is 368 g/mol. The SMILES string of the molecule is Cc1ccc(NS(=O)(=O)c2cccc(C(=O)[O-])c2)c(Br)c1. The predicted octanol–water partition coefficient (Wildman–Crippen LogP) is 1.92. The molecule has 0 bridgehead atoms. The topological polar surface area (TPSA) is 86.3 Å². The number of carbonyl (C=O) groups is 1. The van der Waals surface area contributed by atoms with Crippen LogP contribution in [0, 0.1) is 6.92 Å². The summed E-state index contributed by atoms with van der Waals surface area (Å²) in [5.41, 5.74) is 1.16. The van der Waals surface area contributed by atoms with Gasteiger partial charge in [0.15, 0.2) is 0 Å². The van der Waals surface area contributed by atoms with Gasteiger partial charge in [0, 0.05) is 4.47 Å². The second kappa shape index (κ2) is 5.87. The number of benzene rings is 2. The lowest BCUT2D eigenvalue weighted by molar-refractivity contribution is -0.255. The Morgan fingerprint density at radius 2 is 1.90 bits per heavy atom. The van der Waals surface area contributed by atoms with Crippen LogP contribution < -0.4 is 9.83 Å². The zero-order valence-electron chi connectivity index (χ0n) is 11.0. The van der Waals surface area contributed by atoms with Crippen LogP contribution in [0.1, 0.15) is 15.9 Å². The summed E-state index contributed by atoms with van der Waals surface area (Å²) in [6, 6.07) is 10.2. The molecule has 0 spiro atoms. The molecule has 7 heteroatoms. The van der Waals surface area contributed by atoms with Crippen LogP contribution in [0.2, 0.25) is 0 Å². The molecule has 0 unspecified atom stereocenters. The number of nitrogens with one attached hydrogen (secondary N) is 1. The second-order valence-electron chi connectivity index (χ2n) is 4.40. The van der Waals surface area contributed by atoms with Crippen LogP contribution in [0.25, 0.3) is 0 Å². The number of carboxylic acids is 1. The maximum atomic E-state index is 12.3. The summed E-state index contributed by atoms with van der Waals surface area (Å²) in [6.45, 7) is 1.88. The fraction of sp³-hybridized carbons (Fsp3) is 0.0714. The summed E-state index contributed by atoms with van der Waals surface area (Å²) in [4.78, 5) is 10.7. The van der Waals surface area contributed by atoms with Gasteiger partial charge < -0.3 is 9.90 Å². The third kappa shape index (κ3) is 3.62. The molecule has 110 valence electrons. The van der Waals surface area contributed by atoms with Gasteiger partial charge >= 0.3 is 0 Å². The standard InChI is InChI=1S/C14H12BrNO4S/c1-9-5-6-13(12(15)7-9)16-21(19,20)11-4-2-3-10(8-11)14(17)18/h2-8,16H,1H3,(H,17,18)/p-1. The molecule has 1 N–H and O–H groups in total. The van der Waals surface area contributed by atoms with E-state index in [1.165, 1.54) is 18.2 Å². The van der Waals surface area contributed by atoms with Crippen molar-refractivity contribution in [3.05, 3.63) is 58.1 Å². The molecule has 0 heterocycles. The van der Waals surface area contributed by atoms with Gasteiger partial charge in [-0.3, -0.25) is 4.72 Å². The Morgan fingerprint density at radius 3 is 2.52 bits per heavy atom. The van der Waals surface area contributed by atoms with Crippen molar-refractivity contribution in [2.45, 2.75) is 11.8 Å².